The lowest BCUT2D eigenvalue weighted by Crippen LogP contribution is -2.76. The van der Waals surface area contributed by atoms with Gasteiger partial charge in [0, 0.05) is 0 Å². The minimum Gasteiger partial charge on any atom is -0.451 e. The molecular weight excluding hydrogens is 582 g/mol. The number of fused-ring (bicyclic) bond motifs is 1. The zero-order chi connectivity index (χ0) is 31.4. The SMILES string of the molecule is CC(C)(C)OC(=O)NC(C(=O)N[C@H]1C(=O)N2C(C(=O)OC(c3ccccc3)c3ccccc3)C(=O)CS[C@@H]12)c1ccccc1. The number of hydrogen-bond acceptors (Lipinski definition) is 8. The van der Waals surface area contributed by atoms with Crippen molar-refractivity contribution in [1.29, 1.82) is 0 Å². The van der Waals surface area contributed by atoms with Crippen LogP contribution in [0.2, 0.25) is 0 Å². The van der Waals surface area contributed by atoms with Crippen molar-refractivity contribution >= 4 is 41.4 Å². The molecule has 2 fully saturated rings. The second-order valence-electron chi connectivity index (χ2n) is 11.4. The van der Waals surface area contributed by atoms with Gasteiger partial charge >= 0.3 is 12.1 Å². The maximum atomic E-state index is 13.6. The van der Waals surface area contributed by atoms with Crippen LogP contribution in [0, 0.1) is 0 Å². The second-order valence-corrected chi connectivity index (χ2v) is 12.5. The minimum atomic E-state index is -1.44. The molecule has 0 spiro atoms. The highest BCUT2D eigenvalue weighted by Gasteiger charge is 2.58. The predicted octanol–water partition coefficient (Wildman–Crippen LogP) is 3.92. The van der Waals surface area contributed by atoms with Crippen molar-refractivity contribution in [2.24, 2.45) is 0 Å². The van der Waals surface area contributed by atoms with Crippen molar-refractivity contribution in [1.82, 2.24) is 15.5 Å². The first-order valence-electron chi connectivity index (χ1n) is 14.2. The van der Waals surface area contributed by atoms with E-state index in [1.807, 2.05) is 60.7 Å². The topological polar surface area (TPSA) is 131 Å². The number of nitrogens with one attached hydrogen (secondary N) is 2. The van der Waals surface area contributed by atoms with Crippen molar-refractivity contribution < 1.29 is 33.4 Å². The molecule has 2 saturated heterocycles. The number of carbonyl (C=O) groups excluding carboxylic acids is 5. The summed E-state index contributed by atoms with van der Waals surface area (Å²) in [4.78, 5) is 67.2. The lowest BCUT2D eigenvalue weighted by atomic mass is 9.98. The molecule has 4 atom stereocenters. The van der Waals surface area contributed by atoms with E-state index in [1.54, 1.807) is 51.1 Å². The first-order chi connectivity index (χ1) is 21.0. The minimum absolute atomic E-state index is 0.0415. The number of hydrogen-bond donors (Lipinski definition) is 2. The fourth-order valence-electron chi connectivity index (χ4n) is 5.09. The van der Waals surface area contributed by atoms with Gasteiger partial charge in [0.2, 0.25) is 11.8 Å². The first kappa shape index (κ1) is 30.8. The highest BCUT2D eigenvalue weighted by Crippen LogP contribution is 2.38. The Kier molecular flexibility index (Phi) is 9.05. The number of carbonyl (C=O) groups is 5. The Labute approximate surface area is 259 Å². The number of ketones is 1. The van der Waals surface area contributed by atoms with Crippen LogP contribution < -0.4 is 10.6 Å². The van der Waals surface area contributed by atoms with Crippen molar-refractivity contribution in [2.75, 3.05) is 5.75 Å². The van der Waals surface area contributed by atoms with Crippen LogP contribution in [0.3, 0.4) is 0 Å². The summed E-state index contributed by atoms with van der Waals surface area (Å²) in [5.41, 5.74) is 1.12. The molecule has 0 aromatic heterocycles. The van der Waals surface area contributed by atoms with Crippen molar-refractivity contribution in [3.05, 3.63) is 108 Å². The largest absolute Gasteiger partial charge is 0.451 e. The maximum Gasteiger partial charge on any atom is 0.408 e. The molecule has 2 aliphatic rings. The maximum absolute atomic E-state index is 13.6. The molecular formula is C33H33N3O7S. The van der Waals surface area contributed by atoms with E-state index in [4.69, 9.17) is 9.47 Å². The number of nitrogens with zero attached hydrogens (tertiary/aromatic N) is 1. The third kappa shape index (κ3) is 6.78. The Morgan fingerprint density at radius 1 is 0.841 bits per heavy atom. The van der Waals surface area contributed by atoms with Crippen molar-refractivity contribution in [3.63, 3.8) is 0 Å². The molecule has 2 heterocycles. The van der Waals surface area contributed by atoms with Crippen LogP contribution in [-0.2, 0) is 28.7 Å². The third-order valence-electron chi connectivity index (χ3n) is 7.08. The summed E-state index contributed by atoms with van der Waals surface area (Å²) in [5.74, 6) is -2.57. The summed E-state index contributed by atoms with van der Waals surface area (Å²) in [6.07, 6.45) is -1.59. The van der Waals surface area contributed by atoms with Crippen LogP contribution in [0.5, 0.6) is 0 Å². The molecule has 10 nitrogen and oxygen atoms in total. The average molecular weight is 616 g/mol. The van der Waals surface area contributed by atoms with Gasteiger partial charge in [-0.25, -0.2) is 9.59 Å². The Morgan fingerprint density at radius 3 is 1.89 bits per heavy atom. The van der Waals surface area contributed by atoms with Crippen LogP contribution in [0.4, 0.5) is 4.79 Å². The summed E-state index contributed by atoms with van der Waals surface area (Å²) in [5, 5.41) is 4.62. The summed E-state index contributed by atoms with van der Waals surface area (Å²) in [6.45, 7) is 5.12. The van der Waals surface area contributed by atoms with Crippen LogP contribution in [0.15, 0.2) is 91.0 Å². The highest BCUT2D eigenvalue weighted by molar-refractivity contribution is 8.00. The Balaban J connectivity index is 1.32. The second kappa shape index (κ2) is 12.9. The van der Waals surface area contributed by atoms with E-state index in [9.17, 15) is 24.0 Å². The molecule has 11 heteroatoms. The number of amides is 3. The monoisotopic (exact) mass is 615 g/mol. The molecule has 0 radical (unpaired) electrons. The van der Waals surface area contributed by atoms with Gasteiger partial charge < -0.3 is 25.0 Å². The summed E-state index contributed by atoms with van der Waals surface area (Å²) >= 11 is 1.16. The lowest BCUT2D eigenvalue weighted by Gasteiger charge is -2.51. The molecule has 5 rings (SSSR count). The van der Waals surface area contributed by atoms with Gasteiger partial charge in [0.25, 0.3) is 0 Å². The normalized spacial score (nSPS) is 20.2. The quantitative estimate of drug-likeness (QED) is 0.222. The highest BCUT2D eigenvalue weighted by atomic mass is 32.2. The number of Topliss-reactive ketones (excluding diaryl/α,β-unsaturated/α-hetero) is 1. The average Bonchev–Trinajstić information content (AvgIpc) is 3.01. The number of ether oxygens (including phenoxy) is 2. The van der Waals surface area contributed by atoms with Crippen molar-refractivity contribution in [3.8, 4) is 0 Å². The van der Waals surface area contributed by atoms with Gasteiger partial charge in [-0.3, -0.25) is 14.4 Å². The molecule has 2 N–H and O–H groups in total. The molecule has 0 saturated carbocycles. The summed E-state index contributed by atoms with van der Waals surface area (Å²) < 4.78 is 11.3. The molecule has 2 unspecified atom stereocenters. The molecule has 3 amide bonds. The molecule has 0 bridgehead atoms. The van der Waals surface area contributed by atoms with E-state index in [0.717, 1.165) is 11.8 Å². The lowest BCUT2D eigenvalue weighted by molar-refractivity contribution is -0.170. The molecule has 3 aromatic carbocycles. The predicted molar refractivity (Wildman–Crippen MR) is 163 cm³/mol. The van der Waals surface area contributed by atoms with Gasteiger partial charge in [-0.05, 0) is 37.5 Å². The van der Waals surface area contributed by atoms with Gasteiger partial charge in [-0.2, -0.15) is 0 Å². The van der Waals surface area contributed by atoms with Gasteiger partial charge in [-0.15, -0.1) is 11.8 Å². The fraction of sp³-hybridized carbons (Fsp3) is 0.303. The number of esters is 1. The first-order valence-corrected chi connectivity index (χ1v) is 15.2. The van der Waals surface area contributed by atoms with Gasteiger partial charge in [0.05, 0.1) is 5.75 Å². The number of rotatable bonds is 8. The number of thioether (sulfide) groups is 1. The molecule has 44 heavy (non-hydrogen) atoms. The molecule has 0 aliphatic carbocycles. The van der Waals surface area contributed by atoms with Crippen LogP contribution in [0.1, 0.15) is 49.6 Å². The zero-order valence-electron chi connectivity index (χ0n) is 24.5. The van der Waals surface area contributed by atoms with Crippen LogP contribution in [0.25, 0.3) is 0 Å². The fourth-order valence-corrected chi connectivity index (χ4v) is 6.35. The van der Waals surface area contributed by atoms with E-state index in [2.05, 4.69) is 10.6 Å². The number of benzene rings is 3. The molecule has 2 aliphatic heterocycles. The van der Waals surface area contributed by atoms with Crippen LogP contribution in [-0.4, -0.2) is 63.4 Å². The Hall–Kier alpha value is -4.64. The van der Waals surface area contributed by atoms with E-state index in [0.29, 0.717) is 16.7 Å². The van der Waals surface area contributed by atoms with Gasteiger partial charge in [-0.1, -0.05) is 91.0 Å². The number of alkyl carbamates (subject to hydrolysis) is 1. The Morgan fingerprint density at radius 2 is 1.36 bits per heavy atom. The van der Waals surface area contributed by atoms with Crippen LogP contribution >= 0.6 is 11.8 Å². The van der Waals surface area contributed by atoms with Crippen molar-refractivity contribution in [2.45, 2.75) is 56.0 Å². The van der Waals surface area contributed by atoms with E-state index < -0.39 is 64.9 Å². The standard InChI is InChI=1S/C33H33N3O7S/c1-33(2,3)43-32(41)35-24(20-13-7-4-8-14-20)28(38)34-25-29(39)36-26(23(37)19-44-30(25)36)31(40)42-27(21-15-9-5-10-16-21)22-17-11-6-12-18-22/h4-18,24-27,30H,19H2,1-3H3,(H,34,38)(H,35,41)/t24?,25-,26?,30-/m0/s1. The third-order valence-corrected chi connectivity index (χ3v) is 8.37. The van der Waals surface area contributed by atoms with E-state index in [-0.39, 0.29) is 5.75 Å². The van der Waals surface area contributed by atoms with E-state index >= 15 is 0 Å². The summed E-state index contributed by atoms with van der Waals surface area (Å²) in [7, 11) is 0. The Bertz CT molecular complexity index is 1490. The smallest absolute Gasteiger partial charge is 0.408 e. The van der Waals surface area contributed by atoms with Gasteiger partial charge in [0.15, 0.2) is 17.9 Å². The zero-order valence-corrected chi connectivity index (χ0v) is 25.3. The number of β-lactam (4-membered cyclic amide) rings is 1. The summed E-state index contributed by atoms with van der Waals surface area (Å²) in [6, 6.07) is 23.2. The van der Waals surface area contributed by atoms with E-state index in [1.165, 1.54) is 4.90 Å². The molecule has 3 aromatic rings. The van der Waals surface area contributed by atoms with Gasteiger partial charge in [0.1, 0.15) is 23.1 Å². The molecule has 228 valence electrons.